The Kier molecular flexibility index (Phi) is 6.11. The van der Waals surface area contributed by atoms with Crippen molar-refractivity contribution < 1.29 is 14.3 Å². The summed E-state index contributed by atoms with van der Waals surface area (Å²) < 4.78 is 5.41. The Morgan fingerprint density at radius 2 is 1.96 bits per heavy atom. The lowest BCUT2D eigenvalue weighted by Crippen LogP contribution is -2.32. The molecule has 1 unspecified atom stereocenters. The standard InChI is InChI=1S/C21H20ClN3O3/c1-3-18(20(26)25-17-6-4-5-16(22)13(17)2)28-21(27)15-9-7-14(8-10-15)19-23-11-12-24-19/h4-12,18H,3H2,1-2H3,(H,23,24)(H,25,26). The summed E-state index contributed by atoms with van der Waals surface area (Å²) >= 11 is 6.08. The number of benzene rings is 2. The van der Waals surface area contributed by atoms with Crippen molar-refractivity contribution in [1.29, 1.82) is 0 Å². The number of nitrogens with zero attached hydrogens (tertiary/aromatic N) is 1. The lowest BCUT2D eigenvalue weighted by Gasteiger charge is -2.17. The van der Waals surface area contributed by atoms with E-state index < -0.39 is 18.0 Å². The maximum absolute atomic E-state index is 12.5. The molecule has 6 nitrogen and oxygen atoms in total. The lowest BCUT2D eigenvalue weighted by atomic mass is 10.1. The van der Waals surface area contributed by atoms with Gasteiger partial charge >= 0.3 is 5.97 Å². The number of nitrogens with one attached hydrogen (secondary N) is 2. The SMILES string of the molecule is CCC(OC(=O)c1ccc(-c2ncc[nH]2)cc1)C(=O)Nc1cccc(Cl)c1C. The third kappa shape index (κ3) is 4.40. The molecule has 7 heteroatoms. The van der Waals surface area contributed by atoms with Crippen molar-refractivity contribution in [1.82, 2.24) is 9.97 Å². The topological polar surface area (TPSA) is 84.1 Å². The normalized spacial score (nSPS) is 11.7. The van der Waals surface area contributed by atoms with Crippen LogP contribution < -0.4 is 5.32 Å². The fourth-order valence-corrected chi connectivity index (χ4v) is 2.84. The van der Waals surface area contributed by atoms with Gasteiger partial charge in [0.05, 0.1) is 5.56 Å². The maximum Gasteiger partial charge on any atom is 0.338 e. The van der Waals surface area contributed by atoms with E-state index in [-0.39, 0.29) is 0 Å². The Labute approximate surface area is 167 Å². The minimum absolute atomic E-state index is 0.349. The van der Waals surface area contributed by atoms with Crippen LogP contribution in [0.25, 0.3) is 11.4 Å². The van der Waals surface area contributed by atoms with Crippen LogP contribution in [0.4, 0.5) is 5.69 Å². The first-order valence-electron chi connectivity index (χ1n) is 8.86. The fourth-order valence-electron chi connectivity index (χ4n) is 2.66. The molecule has 3 rings (SSSR count). The average Bonchev–Trinajstić information content (AvgIpc) is 3.24. The lowest BCUT2D eigenvalue weighted by molar-refractivity contribution is -0.124. The number of ether oxygens (including phenoxy) is 1. The molecule has 1 aromatic heterocycles. The first-order chi connectivity index (χ1) is 13.5. The number of imidazole rings is 1. The summed E-state index contributed by atoms with van der Waals surface area (Å²) in [5, 5.41) is 3.33. The highest BCUT2D eigenvalue weighted by atomic mass is 35.5. The molecule has 0 aliphatic carbocycles. The van der Waals surface area contributed by atoms with Crippen LogP contribution in [0, 0.1) is 6.92 Å². The number of halogens is 1. The highest BCUT2D eigenvalue weighted by Crippen LogP contribution is 2.23. The van der Waals surface area contributed by atoms with E-state index in [0.29, 0.717) is 28.5 Å². The monoisotopic (exact) mass is 397 g/mol. The van der Waals surface area contributed by atoms with Crippen molar-refractivity contribution in [3.8, 4) is 11.4 Å². The minimum Gasteiger partial charge on any atom is -0.449 e. The van der Waals surface area contributed by atoms with Crippen molar-refractivity contribution in [3.05, 3.63) is 71.0 Å². The molecule has 0 saturated heterocycles. The van der Waals surface area contributed by atoms with Crippen molar-refractivity contribution in [3.63, 3.8) is 0 Å². The van der Waals surface area contributed by atoms with Crippen molar-refractivity contribution in [2.24, 2.45) is 0 Å². The van der Waals surface area contributed by atoms with Crippen LogP contribution in [0.3, 0.4) is 0 Å². The number of aromatic nitrogens is 2. The van der Waals surface area contributed by atoms with E-state index >= 15 is 0 Å². The largest absolute Gasteiger partial charge is 0.449 e. The Bertz CT molecular complexity index is 969. The highest BCUT2D eigenvalue weighted by molar-refractivity contribution is 6.31. The maximum atomic E-state index is 12.5. The smallest absolute Gasteiger partial charge is 0.338 e. The summed E-state index contributed by atoms with van der Waals surface area (Å²) in [5.41, 5.74) is 2.56. The first kappa shape index (κ1) is 19.6. The quantitative estimate of drug-likeness (QED) is 0.595. The van der Waals surface area contributed by atoms with Crippen LogP contribution in [0.5, 0.6) is 0 Å². The second-order valence-corrected chi connectivity index (χ2v) is 6.63. The molecule has 2 N–H and O–H groups in total. The number of aromatic amines is 1. The third-order valence-electron chi connectivity index (χ3n) is 4.33. The Balaban J connectivity index is 1.67. The Morgan fingerprint density at radius 1 is 1.21 bits per heavy atom. The second-order valence-electron chi connectivity index (χ2n) is 6.22. The van der Waals surface area contributed by atoms with Crippen molar-refractivity contribution in [2.75, 3.05) is 5.32 Å². The molecule has 1 atom stereocenters. The highest BCUT2D eigenvalue weighted by Gasteiger charge is 2.23. The van der Waals surface area contributed by atoms with E-state index in [2.05, 4.69) is 15.3 Å². The average molecular weight is 398 g/mol. The van der Waals surface area contributed by atoms with Gasteiger partial charge in [-0.3, -0.25) is 4.79 Å². The Morgan fingerprint density at radius 3 is 2.61 bits per heavy atom. The zero-order chi connectivity index (χ0) is 20.1. The number of rotatable bonds is 6. The molecular formula is C21H20ClN3O3. The molecule has 0 fully saturated rings. The third-order valence-corrected chi connectivity index (χ3v) is 4.74. The number of hydrogen-bond acceptors (Lipinski definition) is 4. The number of anilines is 1. The molecule has 0 saturated carbocycles. The minimum atomic E-state index is -0.907. The summed E-state index contributed by atoms with van der Waals surface area (Å²) in [6.07, 6.45) is 2.82. The van der Waals surface area contributed by atoms with Crippen molar-refractivity contribution >= 4 is 29.2 Å². The van der Waals surface area contributed by atoms with Gasteiger partial charge < -0.3 is 15.0 Å². The van der Waals surface area contributed by atoms with E-state index in [4.69, 9.17) is 16.3 Å². The predicted octanol–water partition coefficient (Wildman–Crippen LogP) is 4.61. The molecule has 0 radical (unpaired) electrons. The summed E-state index contributed by atoms with van der Waals surface area (Å²) in [5.74, 6) is -0.244. The zero-order valence-corrected chi connectivity index (χ0v) is 16.3. The van der Waals surface area contributed by atoms with Gasteiger partial charge in [0.1, 0.15) is 5.82 Å². The van der Waals surface area contributed by atoms with Crippen LogP contribution in [0.2, 0.25) is 5.02 Å². The van der Waals surface area contributed by atoms with Gasteiger partial charge in [0.2, 0.25) is 0 Å². The fraction of sp³-hybridized carbons (Fsp3) is 0.190. The molecule has 1 heterocycles. The van der Waals surface area contributed by atoms with Gasteiger partial charge in [-0.05, 0) is 43.2 Å². The van der Waals surface area contributed by atoms with E-state index in [1.807, 2.05) is 6.92 Å². The second kappa shape index (κ2) is 8.71. The number of carbonyl (C=O) groups excluding carboxylic acids is 2. The van der Waals surface area contributed by atoms with E-state index in [1.54, 1.807) is 61.8 Å². The number of carbonyl (C=O) groups is 2. The summed E-state index contributed by atoms with van der Waals surface area (Å²) in [4.78, 5) is 32.1. The van der Waals surface area contributed by atoms with E-state index in [1.165, 1.54) is 0 Å². The van der Waals surface area contributed by atoms with Crippen molar-refractivity contribution in [2.45, 2.75) is 26.4 Å². The summed E-state index contributed by atoms with van der Waals surface area (Å²) in [6.45, 7) is 3.59. The molecular weight excluding hydrogens is 378 g/mol. The molecule has 0 bridgehead atoms. The van der Waals surface area contributed by atoms with Gasteiger partial charge in [-0.2, -0.15) is 0 Å². The predicted molar refractivity (Wildman–Crippen MR) is 108 cm³/mol. The van der Waals surface area contributed by atoms with Crippen LogP contribution in [-0.4, -0.2) is 27.9 Å². The molecule has 28 heavy (non-hydrogen) atoms. The molecule has 144 valence electrons. The van der Waals surface area contributed by atoms with Gasteiger partial charge in [0.15, 0.2) is 6.10 Å². The van der Waals surface area contributed by atoms with Gasteiger partial charge in [-0.15, -0.1) is 0 Å². The number of hydrogen-bond donors (Lipinski definition) is 2. The van der Waals surface area contributed by atoms with Gasteiger partial charge in [0, 0.05) is 28.7 Å². The molecule has 0 aliphatic heterocycles. The van der Waals surface area contributed by atoms with E-state index in [0.717, 1.165) is 11.1 Å². The summed E-state index contributed by atoms with van der Waals surface area (Å²) in [6, 6.07) is 12.1. The van der Waals surface area contributed by atoms with Gasteiger partial charge in [-0.25, -0.2) is 9.78 Å². The summed E-state index contributed by atoms with van der Waals surface area (Å²) in [7, 11) is 0. The number of H-pyrrole nitrogens is 1. The zero-order valence-electron chi connectivity index (χ0n) is 15.5. The van der Waals surface area contributed by atoms with Crippen LogP contribution in [0.1, 0.15) is 29.3 Å². The van der Waals surface area contributed by atoms with Gasteiger partial charge in [0.25, 0.3) is 5.91 Å². The molecule has 0 spiro atoms. The number of esters is 1. The molecule has 1 amide bonds. The number of amides is 1. The molecule has 2 aromatic carbocycles. The van der Waals surface area contributed by atoms with Crippen LogP contribution in [-0.2, 0) is 9.53 Å². The van der Waals surface area contributed by atoms with Gasteiger partial charge in [-0.1, -0.05) is 36.7 Å². The molecule has 0 aliphatic rings. The molecule has 3 aromatic rings. The Hall–Kier alpha value is -3.12. The van der Waals surface area contributed by atoms with E-state index in [9.17, 15) is 9.59 Å². The first-order valence-corrected chi connectivity index (χ1v) is 9.24. The van der Waals surface area contributed by atoms with Crippen LogP contribution >= 0.6 is 11.6 Å². The van der Waals surface area contributed by atoms with Crippen LogP contribution in [0.15, 0.2) is 54.9 Å².